The Labute approximate surface area is 122 Å². The second-order valence-corrected chi connectivity index (χ2v) is 5.09. The Morgan fingerprint density at radius 3 is 2.48 bits per heavy atom. The van der Waals surface area contributed by atoms with E-state index in [9.17, 15) is 13.2 Å². The van der Waals surface area contributed by atoms with Crippen molar-refractivity contribution in [1.29, 1.82) is 0 Å². The van der Waals surface area contributed by atoms with E-state index in [0.29, 0.717) is 17.7 Å². The first-order valence-electron chi connectivity index (χ1n) is 7.12. The summed E-state index contributed by atoms with van der Waals surface area (Å²) in [7, 11) is 0. The van der Waals surface area contributed by atoms with Crippen LogP contribution < -0.4 is 5.32 Å². The molecule has 1 aromatic heterocycles. The molecule has 0 spiro atoms. The minimum absolute atomic E-state index is 0.158. The molecule has 1 aromatic carbocycles. The summed E-state index contributed by atoms with van der Waals surface area (Å²) in [6.45, 7) is 5.98. The van der Waals surface area contributed by atoms with Gasteiger partial charge in [0.15, 0.2) is 0 Å². The van der Waals surface area contributed by atoms with Crippen LogP contribution in [0.3, 0.4) is 0 Å². The predicted molar refractivity (Wildman–Crippen MR) is 79.6 cm³/mol. The molecular formula is C16H19F3N2. The Morgan fingerprint density at radius 2 is 1.90 bits per heavy atom. The van der Waals surface area contributed by atoms with Gasteiger partial charge in [0.25, 0.3) is 0 Å². The summed E-state index contributed by atoms with van der Waals surface area (Å²) in [5, 5.41) is 3.82. The monoisotopic (exact) mass is 296 g/mol. The molecule has 1 heterocycles. The molecule has 0 fully saturated rings. The van der Waals surface area contributed by atoms with E-state index < -0.39 is 11.9 Å². The van der Waals surface area contributed by atoms with Crippen molar-refractivity contribution in [2.75, 3.05) is 11.9 Å². The quantitative estimate of drug-likeness (QED) is 0.863. The number of aromatic nitrogens is 1. The third kappa shape index (κ3) is 3.12. The van der Waals surface area contributed by atoms with Crippen LogP contribution in [0.4, 0.5) is 18.9 Å². The number of rotatable bonds is 4. The van der Waals surface area contributed by atoms with Crippen LogP contribution in [0.25, 0.3) is 10.9 Å². The van der Waals surface area contributed by atoms with Crippen LogP contribution in [0, 0.1) is 6.92 Å². The van der Waals surface area contributed by atoms with Crippen LogP contribution in [0.5, 0.6) is 0 Å². The Kier molecular flexibility index (Phi) is 4.40. The number of hydrogen-bond donors (Lipinski definition) is 1. The molecule has 0 unspecified atom stereocenters. The Hall–Kier alpha value is -1.78. The zero-order valence-electron chi connectivity index (χ0n) is 12.4. The predicted octanol–water partition coefficient (Wildman–Crippen LogP) is 4.95. The molecule has 0 atom stereocenters. The lowest BCUT2D eigenvalue weighted by molar-refractivity contribution is -0.141. The highest BCUT2D eigenvalue weighted by atomic mass is 19.4. The van der Waals surface area contributed by atoms with E-state index in [1.807, 2.05) is 19.1 Å². The Balaban J connectivity index is 2.73. The summed E-state index contributed by atoms with van der Waals surface area (Å²) in [6.07, 6.45) is -2.54. The van der Waals surface area contributed by atoms with Gasteiger partial charge in [0.05, 0.1) is 5.52 Å². The van der Waals surface area contributed by atoms with Crippen LogP contribution in [0.1, 0.15) is 37.1 Å². The van der Waals surface area contributed by atoms with Gasteiger partial charge in [0, 0.05) is 23.2 Å². The van der Waals surface area contributed by atoms with Crippen LogP contribution >= 0.6 is 0 Å². The van der Waals surface area contributed by atoms with E-state index in [2.05, 4.69) is 17.2 Å². The summed E-state index contributed by atoms with van der Waals surface area (Å²) in [5.74, 6) is 0. The second kappa shape index (κ2) is 5.92. The largest absolute Gasteiger partial charge is 0.433 e. The number of hydrogen-bond acceptors (Lipinski definition) is 2. The van der Waals surface area contributed by atoms with Crippen LogP contribution in [-0.2, 0) is 12.6 Å². The van der Waals surface area contributed by atoms with E-state index in [0.717, 1.165) is 23.8 Å². The lowest BCUT2D eigenvalue weighted by Gasteiger charge is -2.17. The van der Waals surface area contributed by atoms with Gasteiger partial charge >= 0.3 is 6.18 Å². The maximum Gasteiger partial charge on any atom is 0.433 e. The van der Waals surface area contributed by atoms with Crippen molar-refractivity contribution < 1.29 is 13.2 Å². The van der Waals surface area contributed by atoms with Gasteiger partial charge < -0.3 is 5.32 Å². The normalized spacial score (nSPS) is 11.9. The van der Waals surface area contributed by atoms with Crippen LogP contribution in [0.15, 0.2) is 18.2 Å². The molecule has 0 amide bonds. The van der Waals surface area contributed by atoms with Crippen molar-refractivity contribution in [3.8, 4) is 0 Å². The lowest BCUT2D eigenvalue weighted by Crippen LogP contribution is -2.13. The van der Waals surface area contributed by atoms with Crippen molar-refractivity contribution in [2.24, 2.45) is 0 Å². The number of alkyl halides is 3. The van der Waals surface area contributed by atoms with Gasteiger partial charge in [0.1, 0.15) is 5.69 Å². The molecule has 1 N–H and O–H groups in total. The fourth-order valence-electron chi connectivity index (χ4n) is 2.53. The first kappa shape index (κ1) is 15.6. The van der Waals surface area contributed by atoms with Crippen LogP contribution in [-0.4, -0.2) is 11.5 Å². The molecule has 0 aliphatic rings. The molecule has 5 heteroatoms. The standard InChI is InChI=1S/C16H19F3N2/c1-4-6-11-7-8-13-12(9-11)14(20-5-2)10(3)15(21-13)16(17,18)19/h7-9H,4-6H2,1-3H3,(H,20,21). The smallest absolute Gasteiger partial charge is 0.385 e. The SMILES string of the molecule is CCCc1ccc2nc(C(F)(F)F)c(C)c(NCC)c2c1. The zero-order chi connectivity index (χ0) is 15.6. The summed E-state index contributed by atoms with van der Waals surface area (Å²) < 4.78 is 39.3. The van der Waals surface area contributed by atoms with Gasteiger partial charge in [0.2, 0.25) is 0 Å². The average molecular weight is 296 g/mol. The van der Waals surface area contributed by atoms with E-state index in [1.54, 1.807) is 6.07 Å². The highest BCUT2D eigenvalue weighted by Crippen LogP contribution is 2.37. The molecule has 114 valence electrons. The summed E-state index contributed by atoms with van der Waals surface area (Å²) in [5.41, 5.74) is 1.38. The maximum absolute atomic E-state index is 13.1. The van der Waals surface area contributed by atoms with E-state index >= 15 is 0 Å². The molecule has 0 aliphatic carbocycles. The van der Waals surface area contributed by atoms with Crippen molar-refractivity contribution in [2.45, 2.75) is 39.8 Å². The topological polar surface area (TPSA) is 24.9 Å². The fourth-order valence-corrected chi connectivity index (χ4v) is 2.53. The van der Waals surface area contributed by atoms with Crippen molar-refractivity contribution in [3.63, 3.8) is 0 Å². The van der Waals surface area contributed by atoms with E-state index in [1.165, 1.54) is 6.92 Å². The molecule has 0 radical (unpaired) electrons. The number of nitrogens with one attached hydrogen (secondary N) is 1. The van der Waals surface area contributed by atoms with E-state index in [4.69, 9.17) is 0 Å². The number of benzene rings is 1. The summed E-state index contributed by atoms with van der Waals surface area (Å²) in [4.78, 5) is 3.83. The van der Waals surface area contributed by atoms with Crippen molar-refractivity contribution in [1.82, 2.24) is 4.98 Å². The molecule has 2 aromatic rings. The average Bonchev–Trinajstić information content (AvgIpc) is 2.41. The lowest BCUT2D eigenvalue weighted by atomic mass is 10.0. The number of halogens is 3. The minimum atomic E-state index is -4.44. The third-order valence-electron chi connectivity index (χ3n) is 3.45. The molecule has 2 nitrogen and oxygen atoms in total. The molecule has 0 aliphatic heterocycles. The molecule has 2 rings (SSSR count). The van der Waals surface area contributed by atoms with Crippen LogP contribution in [0.2, 0.25) is 0 Å². The van der Waals surface area contributed by atoms with E-state index in [-0.39, 0.29) is 5.56 Å². The second-order valence-electron chi connectivity index (χ2n) is 5.09. The van der Waals surface area contributed by atoms with Gasteiger partial charge in [-0.15, -0.1) is 0 Å². The fraction of sp³-hybridized carbons (Fsp3) is 0.438. The molecule has 0 bridgehead atoms. The van der Waals surface area contributed by atoms with Crippen molar-refractivity contribution in [3.05, 3.63) is 35.0 Å². The van der Waals surface area contributed by atoms with Gasteiger partial charge in [-0.1, -0.05) is 19.4 Å². The molecule has 0 saturated carbocycles. The number of fused-ring (bicyclic) bond motifs is 1. The highest BCUT2D eigenvalue weighted by molar-refractivity contribution is 5.94. The van der Waals surface area contributed by atoms with Gasteiger partial charge in [-0.25, -0.2) is 4.98 Å². The van der Waals surface area contributed by atoms with Gasteiger partial charge in [-0.2, -0.15) is 13.2 Å². The van der Waals surface area contributed by atoms with Gasteiger partial charge in [-0.05, 0) is 38.0 Å². The number of anilines is 1. The maximum atomic E-state index is 13.1. The summed E-state index contributed by atoms with van der Waals surface area (Å²) in [6, 6.07) is 5.47. The highest BCUT2D eigenvalue weighted by Gasteiger charge is 2.36. The third-order valence-corrected chi connectivity index (χ3v) is 3.45. The van der Waals surface area contributed by atoms with Crippen molar-refractivity contribution >= 4 is 16.6 Å². The number of pyridine rings is 1. The number of aryl methyl sites for hydroxylation is 1. The first-order chi connectivity index (χ1) is 9.88. The zero-order valence-corrected chi connectivity index (χ0v) is 12.4. The summed E-state index contributed by atoms with van der Waals surface area (Å²) >= 11 is 0. The molecular weight excluding hydrogens is 277 g/mol. The first-order valence-corrected chi connectivity index (χ1v) is 7.12. The number of nitrogens with zero attached hydrogens (tertiary/aromatic N) is 1. The Morgan fingerprint density at radius 1 is 1.19 bits per heavy atom. The Bertz CT molecular complexity index is 648. The van der Waals surface area contributed by atoms with Gasteiger partial charge in [-0.3, -0.25) is 0 Å². The molecule has 0 saturated heterocycles. The minimum Gasteiger partial charge on any atom is -0.385 e. The molecule has 21 heavy (non-hydrogen) atoms.